The van der Waals surface area contributed by atoms with Gasteiger partial charge in [-0.1, -0.05) is 0 Å². The van der Waals surface area contributed by atoms with Gasteiger partial charge in [-0.15, -0.1) is 0 Å². The zero-order valence-electron chi connectivity index (χ0n) is 17.1. The van der Waals surface area contributed by atoms with Gasteiger partial charge in [-0.2, -0.15) is 0 Å². The molecule has 1 aromatic carbocycles. The molecule has 0 bridgehead atoms. The Balaban J connectivity index is 1.46. The van der Waals surface area contributed by atoms with Crippen molar-refractivity contribution in [2.24, 2.45) is 0 Å². The van der Waals surface area contributed by atoms with E-state index in [2.05, 4.69) is 14.7 Å². The van der Waals surface area contributed by atoms with E-state index in [0.29, 0.717) is 43.6 Å². The summed E-state index contributed by atoms with van der Waals surface area (Å²) in [7, 11) is -3.81. The minimum Gasteiger partial charge on any atom is -0.378 e. The summed E-state index contributed by atoms with van der Waals surface area (Å²) in [6.45, 7) is 4.41. The lowest BCUT2D eigenvalue weighted by molar-refractivity contribution is -0.121. The Kier molecular flexibility index (Phi) is 5.99. The molecule has 0 aliphatic carbocycles. The predicted molar refractivity (Wildman–Crippen MR) is 112 cm³/mol. The van der Waals surface area contributed by atoms with Crippen LogP contribution in [0.1, 0.15) is 24.2 Å². The summed E-state index contributed by atoms with van der Waals surface area (Å²) in [4.78, 5) is 35.8. The topological polar surface area (TPSA) is 122 Å². The molecule has 164 valence electrons. The minimum absolute atomic E-state index is 0.00782. The van der Waals surface area contributed by atoms with Gasteiger partial charge in [-0.05, 0) is 37.3 Å². The van der Waals surface area contributed by atoms with Crippen molar-refractivity contribution in [3.05, 3.63) is 41.7 Å². The second kappa shape index (κ2) is 8.69. The van der Waals surface area contributed by atoms with Crippen molar-refractivity contribution in [1.82, 2.24) is 14.7 Å². The first kappa shape index (κ1) is 21.3. The average molecular weight is 446 g/mol. The monoisotopic (exact) mass is 445 g/mol. The molecule has 0 unspecified atom stereocenters. The molecular formula is C20H23N5O5S. The van der Waals surface area contributed by atoms with Gasteiger partial charge in [-0.25, -0.2) is 23.1 Å². The summed E-state index contributed by atoms with van der Waals surface area (Å²) in [6, 6.07) is 7.41. The zero-order valence-corrected chi connectivity index (χ0v) is 17.9. The molecule has 2 saturated heterocycles. The highest BCUT2D eigenvalue weighted by atomic mass is 32.2. The van der Waals surface area contributed by atoms with Crippen LogP contribution >= 0.6 is 0 Å². The van der Waals surface area contributed by atoms with Gasteiger partial charge in [0, 0.05) is 31.6 Å². The Morgan fingerprint density at radius 1 is 1.03 bits per heavy atom. The highest BCUT2D eigenvalue weighted by Crippen LogP contribution is 2.24. The summed E-state index contributed by atoms with van der Waals surface area (Å²) < 4.78 is 33.3. The molecule has 0 atom stereocenters. The van der Waals surface area contributed by atoms with Crippen LogP contribution in [-0.4, -0.2) is 56.5 Å². The lowest BCUT2D eigenvalue weighted by Crippen LogP contribution is -2.37. The molecule has 1 aromatic heterocycles. The number of aromatic nitrogens is 2. The van der Waals surface area contributed by atoms with E-state index in [1.807, 2.05) is 11.8 Å². The Labute approximate surface area is 180 Å². The number of imide groups is 1. The first-order chi connectivity index (χ1) is 14.8. The summed E-state index contributed by atoms with van der Waals surface area (Å²) >= 11 is 0. The molecule has 2 fully saturated rings. The number of carbonyl (C=O) groups is 2. The van der Waals surface area contributed by atoms with Crippen LogP contribution < -0.4 is 14.5 Å². The molecule has 0 radical (unpaired) electrons. The molecule has 11 heteroatoms. The Morgan fingerprint density at radius 3 is 2.32 bits per heavy atom. The lowest BCUT2D eigenvalue weighted by Gasteiger charge is -2.27. The summed E-state index contributed by atoms with van der Waals surface area (Å²) in [6.07, 6.45) is 0.344. The van der Waals surface area contributed by atoms with Gasteiger partial charge in [-0.3, -0.25) is 14.5 Å². The normalized spacial score (nSPS) is 17.5. The molecule has 2 aromatic rings. The zero-order chi connectivity index (χ0) is 22.0. The number of rotatable bonds is 6. The number of aryl methyl sites for hydroxylation is 1. The second-order valence-corrected chi connectivity index (χ2v) is 9.11. The molecule has 4 rings (SSSR count). The summed E-state index contributed by atoms with van der Waals surface area (Å²) in [5.74, 6) is -0.00957. The first-order valence-corrected chi connectivity index (χ1v) is 11.4. The van der Waals surface area contributed by atoms with Crippen molar-refractivity contribution in [1.29, 1.82) is 0 Å². The third-order valence-electron chi connectivity index (χ3n) is 5.09. The van der Waals surface area contributed by atoms with Gasteiger partial charge in [0.2, 0.25) is 27.8 Å². The predicted octanol–water partition coefficient (Wildman–Crippen LogP) is 0.754. The number of amides is 2. The Bertz CT molecular complexity index is 1080. The van der Waals surface area contributed by atoms with Crippen LogP contribution in [0.4, 0.5) is 11.6 Å². The average Bonchev–Trinajstić information content (AvgIpc) is 3.11. The van der Waals surface area contributed by atoms with Crippen LogP contribution in [0.3, 0.4) is 0 Å². The van der Waals surface area contributed by atoms with Crippen LogP contribution in [0.25, 0.3) is 0 Å². The molecule has 3 heterocycles. The number of benzene rings is 1. The van der Waals surface area contributed by atoms with Crippen LogP contribution in [0.15, 0.2) is 35.2 Å². The number of carbonyl (C=O) groups excluding carboxylic acids is 2. The molecule has 10 nitrogen and oxygen atoms in total. The minimum atomic E-state index is -3.81. The van der Waals surface area contributed by atoms with E-state index in [1.54, 1.807) is 6.07 Å². The number of morpholine rings is 1. The highest BCUT2D eigenvalue weighted by Gasteiger charge is 2.30. The van der Waals surface area contributed by atoms with Crippen LogP contribution in [0, 0.1) is 6.92 Å². The van der Waals surface area contributed by atoms with Gasteiger partial charge in [0.05, 0.1) is 36.0 Å². The maximum atomic E-state index is 12.7. The summed E-state index contributed by atoms with van der Waals surface area (Å²) in [5.41, 5.74) is 1.67. The van der Waals surface area contributed by atoms with Gasteiger partial charge in [0.15, 0.2) is 0 Å². The van der Waals surface area contributed by atoms with E-state index in [9.17, 15) is 18.0 Å². The molecule has 31 heavy (non-hydrogen) atoms. The van der Waals surface area contributed by atoms with Crippen molar-refractivity contribution in [3.8, 4) is 0 Å². The number of sulfonamides is 1. The van der Waals surface area contributed by atoms with Crippen LogP contribution in [0.5, 0.6) is 0 Å². The number of anilines is 2. The van der Waals surface area contributed by atoms with Crippen molar-refractivity contribution >= 4 is 33.5 Å². The van der Waals surface area contributed by atoms with Crippen molar-refractivity contribution in [2.45, 2.75) is 31.2 Å². The fourth-order valence-electron chi connectivity index (χ4n) is 3.50. The van der Waals surface area contributed by atoms with Gasteiger partial charge >= 0.3 is 0 Å². The van der Waals surface area contributed by atoms with E-state index >= 15 is 0 Å². The standard InChI is InChI=1S/C20H23N5O5S/c1-14-12-15(23-20(22-14)24-8-10-30-11-9-24)13-21-31(28,29)17-4-2-16(3-5-17)25-18(26)6-7-19(25)27/h2-5,12,21H,6-11,13H2,1H3. The van der Waals surface area contributed by atoms with E-state index < -0.39 is 10.0 Å². The molecule has 0 spiro atoms. The fourth-order valence-corrected chi connectivity index (χ4v) is 4.50. The quantitative estimate of drug-likeness (QED) is 0.647. The second-order valence-electron chi connectivity index (χ2n) is 7.34. The number of hydrogen-bond donors (Lipinski definition) is 1. The maximum Gasteiger partial charge on any atom is 0.240 e. The van der Waals surface area contributed by atoms with Gasteiger partial charge in [0.1, 0.15) is 0 Å². The van der Waals surface area contributed by atoms with Crippen LogP contribution in [-0.2, 0) is 30.9 Å². The smallest absolute Gasteiger partial charge is 0.240 e. The third-order valence-corrected chi connectivity index (χ3v) is 6.51. The van der Waals surface area contributed by atoms with E-state index in [0.717, 1.165) is 10.6 Å². The molecule has 2 aliphatic heterocycles. The van der Waals surface area contributed by atoms with Crippen molar-refractivity contribution in [2.75, 3.05) is 36.1 Å². The largest absolute Gasteiger partial charge is 0.378 e. The van der Waals surface area contributed by atoms with E-state index in [-0.39, 0.29) is 36.1 Å². The number of nitrogens with one attached hydrogen (secondary N) is 1. The van der Waals surface area contributed by atoms with Crippen LogP contribution in [0.2, 0.25) is 0 Å². The lowest BCUT2D eigenvalue weighted by atomic mass is 10.3. The number of ether oxygens (including phenoxy) is 1. The maximum absolute atomic E-state index is 12.7. The SMILES string of the molecule is Cc1cc(CNS(=O)(=O)c2ccc(N3C(=O)CCC3=O)cc2)nc(N2CCOCC2)n1. The first-order valence-electron chi connectivity index (χ1n) is 9.96. The van der Waals surface area contributed by atoms with Gasteiger partial charge in [0.25, 0.3) is 0 Å². The Morgan fingerprint density at radius 2 is 1.68 bits per heavy atom. The third kappa shape index (κ3) is 4.73. The number of nitrogens with zero attached hydrogens (tertiary/aromatic N) is 4. The van der Waals surface area contributed by atoms with E-state index in [1.165, 1.54) is 24.3 Å². The van der Waals surface area contributed by atoms with Gasteiger partial charge < -0.3 is 9.64 Å². The molecule has 2 aliphatic rings. The number of hydrogen-bond acceptors (Lipinski definition) is 8. The molecular weight excluding hydrogens is 422 g/mol. The molecule has 1 N–H and O–H groups in total. The van der Waals surface area contributed by atoms with Crippen molar-refractivity contribution < 1.29 is 22.7 Å². The highest BCUT2D eigenvalue weighted by molar-refractivity contribution is 7.89. The Hall–Kier alpha value is -2.89. The fraction of sp³-hybridized carbons (Fsp3) is 0.400. The molecule has 2 amide bonds. The molecule has 0 saturated carbocycles. The van der Waals surface area contributed by atoms with E-state index in [4.69, 9.17) is 4.74 Å². The summed E-state index contributed by atoms with van der Waals surface area (Å²) in [5, 5.41) is 0. The van der Waals surface area contributed by atoms with Crippen molar-refractivity contribution in [3.63, 3.8) is 0 Å².